The highest BCUT2D eigenvalue weighted by Gasteiger charge is 2.28. The molecule has 1 aromatic carbocycles. The van der Waals surface area contributed by atoms with Crippen LogP contribution in [0, 0.1) is 0 Å². The number of benzene rings is 1. The Hall–Kier alpha value is -1.40. The van der Waals surface area contributed by atoms with Crippen LogP contribution in [0.3, 0.4) is 0 Å². The van der Waals surface area contributed by atoms with E-state index >= 15 is 0 Å². The van der Waals surface area contributed by atoms with Gasteiger partial charge in [0.25, 0.3) is 5.89 Å². The first-order valence-corrected chi connectivity index (χ1v) is 6.99. The van der Waals surface area contributed by atoms with Gasteiger partial charge in [-0.15, -0.1) is 0 Å². The summed E-state index contributed by atoms with van der Waals surface area (Å²) in [5, 5.41) is 3.95. The Bertz CT molecular complexity index is 581. The average Bonchev–Trinajstić information content (AvgIpc) is 3.17. The molecule has 1 fully saturated rings. The van der Waals surface area contributed by atoms with Crippen molar-refractivity contribution < 1.29 is 9.26 Å². The summed E-state index contributed by atoms with van der Waals surface area (Å²) in [5.74, 6) is 2.54. The molecule has 3 rings (SSSR count). The van der Waals surface area contributed by atoms with Gasteiger partial charge in [0.2, 0.25) is 0 Å². The predicted molar refractivity (Wildman–Crippen MR) is 72.6 cm³/mol. The van der Waals surface area contributed by atoms with Crippen LogP contribution in [0.1, 0.15) is 36.0 Å². The summed E-state index contributed by atoms with van der Waals surface area (Å²) in [7, 11) is 0. The molecule has 2 N–H and O–H groups in total. The van der Waals surface area contributed by atoms with E-state index in [1.54, 1.807) is 0 Å². The van der Waals surface area contributed by atoms with Crippen molar-refractivity contribution in [1.82, 2.24) is 10.1 Å². The fraction of sp³-hybridized carbons (Fsp3) is 0.385. The van der Waals surface area contributed by atoms with E-state index in [1.165, 1.54) is 0 Å². The molecular weight excluding hydrogens is 310 g/mol. The molecule has 1 saturated carbocycles. The normalized spacial score (nSPS) is 14.6. The topological polar surface area (TPSA) is 74.2 Å². The van der Waals surface area contributed by atoms with Gasteiger partial charge < -0.3 is 15.0 Å². The summed E-state index contributed by atoms with van der Waals surface area (Å²) in [5.41, 5.74) is 6.63. The van der Waals surface area contributed by atoms with Crippen LogP contribution in [0.15, 0.2) is 27.2 Å². The number of rotatable bonds is 5. The van der Waals surface area contributed by atoms with Crippen LogP contribution in [0.2, 0.25) is 0 Å². The lowest BCUT2D eigenvalue weighted by Gasteiger charge is -2.08. The second-order valence-electron chi connectivity index (χ2n) is 4.57. The van der Waals surface area contributed by atoms with Crippen LogP contribution in [-0.2, 0) is 13.2 Å². The van der Waals surface area contributed by atoms with Gasteiger partial charge in [-0.1, -0.05) is 21.1 Å². The van der Waals surface area contributed by atoms with Gasteiger partial charge in [-0.05, 0) is 31.0 Å². The molecule has 1 aliphatic carbocycles. The van der Waals surface area contributed by atoms with E-state index in [0.29, 0.717) is 18.4 Å². The fourth-order valence-corrected chi connectivity index (χ4v) is 2.23. The predicted octanol–water partition coefficient (Wildman–Crippen LogP) is 2.75. The Morgan fingerprint density at radius 2 is 2.26 bits per heavy atom. The summed E-state index contributed by atoms with van der Waals surface area (Å²) in [4.78, 5) is 4.32. The smallest absolute Gasteiger partial charge is 0.264 e. The average molecular weight is 324 g/mol. The SMILES string of the molecule is NCc1cc(Br)ccc1OCc1nc(C2CC2)no1. The molecule has 5 nitrogen and oxygen atoms in total. The van der Waals surface area contributed by atoms with Crippen LogP contribution in [-0.4, -0.2) is 10.1 Å². The molecule has 1 heterocycles. The Morgan fingerprint density at radius 3 is 3.00 bits per heavy atom. The highest BCUT2D eigenvalue weighted by atomic mass is 79.9. The molecule has 0 radical (unpaired) electrons. The van der Waals surface area contributed by atoms with Crippen molar-refractivity contribution in [3.8, 4) is 5.75 Å². The number of hydrogen-bond acceptors (Lipinski definition) is 5. The third kappa shape index (κ3) is 2.96. The first kappa shape index (κ1) is 12.6. The first-order chi connectivity index (χ1) is 9.26. The van der Waals surface area contributed by atoms with E-state index in [-0.39, 0.29) is 6.61 Å². The summed E-state index contributed by atoms with van der Waals surface area (Å²) in [6.07, 6.45) is 2.31. The van der Waals surface area contributed by atoms with Crippen LogP contribution < -0.4 is 10.5 Å². The van der Waals surface area contributed by atoms with Gasteiger partial charge in [-0.3, -0.25) is 0 Å². The van der Waals surface area contributed by atoms with E-state index in [9.17, 15) is 0 Å². The molecule has 19 heavy (non-hydrogen) atoms. The third-order valence-electron chi connectivity index (χ3n) is 3.02. The zero-order valence-corrected chi connectivity index (χ0v) is 11.9. The summed E-state index contributed by atoms with van der Waals surface area (Å²) in [6, 6.07) is 5.74. The minimum Gasteiger partial charge on any atom is -0.483 e. The van der Waals surface area contributed by atoms with Crippen molar-refractivity contribution in [1.29, 1.82) is 0 Å². The standard InChI is InChI=1S/C13H14BrN3O2/c14-10-3-4-11(9(5-10)6-15)18-7-12-16-13(17-19-12)8-1-2-8/h3-5,8H,1-2,6-7,15H2. The van der Waals surface area contributed by atoms with Gasteiger partial charge in [0.15, 0.2) is 12.4 Å². The number of hydrogen-bond donors (Lipinski definition) is 1. The Kier molecular flexibility index (Phi) is 3.52. The Morgan fingerprint density at radius 1 is 1.42 bits per heavy atom. The second kappa shape index (κ2) is 5.30. The maximum Gasteiger partial charge on any atom is 0.264 e. The van der Waals surface area contributed by atoms with Crippen LogP contribution in [0.4, 0.5) is 0 Å². The minimum atomic E-state index is 0.272. The molecule has 2 aromatic rings. The fourth-order valence-electron chi connectivity index (χ4n) is 1.82. The molecule has 1 aliphatic rings. The van der Waals surface area contributed by atoms with Gasteiger partial charge in [0.1, 0.15) is 5.75 Å². The summed E-state index contributed by atoms with van der Waals surface area (Å²) >= 11 is 3.41. The Balaban J connectivity index is 1.67. The molecule has 1 aromatic heterocycles. The lowest BCUT2D eigenvalue weighted by Crippen LogP contribution is -2.03. The van der Waals surface area contributed by atoms with Crippen LogP contribution in [0.25, 0.3) is 0 Å². The van der Waals surface area contributed by atoms with Crippen molar-refractivity contribution in [2.75, 3.05) is 0 Å². The van der Waals surface area contributed by atoms with Crippen molar-refractivity contribution >= 4 is 15.9 Å². The zero-order chi connectivity index (χ0) is 13.2. The molecule has 0 amide bonds. The van der Waals surface area contributed by atoms with Crippen LogP contribution in [0.5, 0.6) is 5.75 Å². The van der Waals surface area contributed by atoms with Crippen molar-refractivity contribution in [2.45, 2.75) is 31.9 Å². The molecule has 0 unspecified atom stereocenters. The molecular formula is C13H14BrN3O2. The van der Waals surface area contributed by atoms with Crippen molar-refractivity contribution in [3.05, 3.63) is 40.0 Å². The number of nitrogens with two attached hydrogens (primary N) is 1. The highest BCUT2D eigenvalue weighted by Crippen LogP contribution is 2.38. The Labute approximate surface area is 119 Å². The second-order valence-corrected chi connectivity index (χ2v) is 5.48. The van der Waals surface area contributed by atoms with Crippen molar-refractivity contribution in [2.24, 2.45) is 5.73 Å². The van der Waals surface area contributed by atoms with E-state index in [1.807, 2.05) is 18.2 Å². The van der Waals surface area contributed by atoms with Gasteiger partial charge in [0.05, 0.1) is 0 Å². The van der Waals surface area contributed by atoms with E-state index < -0.39 is 0 Å². The molecule has 6 heteroatoms. The number of ether oxygens (including phenoxy) is 1. The third-order valence-corrected chi connectivity index (χ3v) is 3.51. The number of halogens is 1. The monoisotopic (exact) mass is 323 g/mol. The lowest BCUT2D eigenvalue weighted by atomic mass is 10.2. The minimum absolute atomic E-state index is 0.272. The van der Waals surface area contributed by atoms with Crippen molar-refractivity contribution in [3.63, 3.8) is 0 Å². The van der Waals surface area contributed by atoms with Gasteiger partial charge >= 0.3 is 0 Å². The quantitative estimate of drug-likeness (QED) is 0.915. The number of nitrogens with zero attached hydrogens (tertiary/aromatic N) is 2. The van der Waals surface area contributed by atoms with Gasteiger partial charge in [0, 0.05) is 22.5 Å². The lowest BCUT2D eigenvalue weighted by molar-refractivity contribution is 0.240. The number of aromatic nitrogens is 2. The summed E-state index contributed by atoms with van der Waals surface area (Å²) < 4.78 is 11.8. The zero-order valence-electron chi connectivity index (χ0n) is 10.3. The van der Waals surface area contributed by atoms with E-state index in [2.05, 4.69) is 26.1 Å². The van der Waals surface area contributed by atoms with Crippen LogP contribution >= 0.6 is 15.9 Å². The highest BCUT2D eigenvalue weighted by molar-refractivity contribution is 9.10. The van der Waals surface area contributed by atoms with E-state index in [4.69, 9.17) is 15.0 Å². The maximum absolute atomic E-state index is 5.69. The molecule has 100 valence electrons. The van der Waals surface area contributed by atoms with Gasteiger partial charge in [-0.25, -0.2) is 0 Å². The maximum atomic E-state index is 5.69. The molecule has 0 atom stereocenters. The summed E-state index contributed by atoms with van der Waals surface area (Å²) in [6.45, 7) is 0.695. The largest absolute Gasteiger partial charge is 0.483 e. The first-order valence-electron chi connectivity index (χ1n) is 6.20. The molecule has 0 aliphatic heterocycles. The van der Waals surface area contributed by atoms with E-state index in [0.717, 1.165) is 34.5 Å². The molecule has 0 saturated heterocycles. The van der Waals surface area contributed by atoms with Gasteiger partial charge in [-0.2, -0.15) is 4.98 Å². The molecule has 0 bridgehead atoms. The molecule has 0 spiro atoms.